The van der Waals surface area contributed by atoms with Gasteiger partial charge in [-0.05, 0) is 38.2 Å². The van der Waals surface area contributed by atoms with Crippen LogP contribution in [0.2, 0.25) is 0 Å². The van der Waals surface area contributed by atoms with Crippen molar-refractivity contribution in [1.29, 1.82) is 5.26 Å². The Morgan fingerprint density at radius 1 is 1.18 bits per heavy atom. The first-order valence-electron chi connectivity index (χ1n) is 6.46. The van der Waals surface area contributed by atoms with Gasteiger partial charge in [-0.1, -0.05) is 29.8 Å². The maximum Gasteiger partial charge on any atom is 0.0655 e. The Morgan fingerprint density at radius 3 is 2.41 bits per heavy atom. The smallest absolute Gasteiger partial charge is 0.0655 e. The second-order valence-electron chi connectivity index (χ2n) is 5.04. The molecule has 2 rings (SSSR count). The minimum absolute atomic E-state index is 0.299. The van der Waals surface area contributed by atoms with E-state index in [1.54, 1.807) is 0 Å². The zero-order chi connectivity index (χ0) is 12.1. The summed E-state index contributed by atoms with van der Waals surface area (Å²) in [5.74, 6) is 0.299. The summed E-state index contributed by atoms with van der Waals surface area (Å²) in [6, 6.07) is 11.7. The highest BCUT2D eigenvalue weighted by atomic mass is 14.9. The summed E-state index contributed by atoms with van der Waals surface area (Å²) in [5.41, 5.74) is 2.65. The van der Waals surface area contributed by atoms with Gasteiger partial charge in [0.15, 0.2) is 0 Å². The highest BCUT2D eigenvalue weighted by Gasteiger charge is 2.19. The van der Waals surface area contributed by atoms with Gasteiger partial charge in [-0.3, -0.25) is 0 Å². The molecule has 0 bridgehead atoms. The molecule has 0 unspecified atom stereocenters. The molecule has 0 radical (unpaired) electrons. The van der Waals surface area contributed by atoms with E-state index in [2.05, 4.69) is 42.6 Å². The molecule has 1 fully saturated rings. The lowest BCUT2D eigenvalue weighted by atomic mass is 9.87. The minimum Gasteiger partial charge on any atom is -0.310 e. The van der Waals surface area contributed by atoms with Crippen molar-refractivity contribution in [2.24, 2.45) is 5.92 Å². The van der Waals surface area contributed by atoms with Crippen molar-refractivity contribution < 1.29 is 0 Å². The molecule has 0 heterocycles. The van der Waals surface area contributed by atoms with Crippen molar-refractivity contribution in [3.8, 4) is 6.07 Å². The molecule has 0 aromatic heterocycles. The molecular formula is C15H20N2. The number of benzene rings is 1. The first-order chi connectivity index (χ1) is 8.28. The van der Waals surface area contributed by atoms with Gasteiger partial charge in [0.1, 0.15) is 0 Å². The summed E-state index contributed by atoms with van der Waals surface area (Å²) in [6.45, 7) is 3.06. The molecule has 1 aromatic carbocycles. The molecule has 1 aliphatic carbocycles. The van der Waals surface area contributed by atoms with E-state index < -0.39 is 0 Å². The van der Waals surface area contributed by atoms with Crippen LogP contribution in [-0.4, -0.2) is 6.04 Å². The molecule has 1 N–H and O–H groups in total. The number of hydrogen-bond donors (Lipinski definition) is 1. The lowest BCUT2D eigenvalue weighted by molar-refractivity contribution is 0.331. The van der Waals surface area contributed by atoms with Gasteiger partial charge in [-0.15, -0.1) is 0 Å². The normalized spacial score (nSPS) is 24.2. The number of nitrogens with one attached hydrogen (secondary N) is 1. The Balaban J connectivity index is 1.76. The monoisotopic (exact) mass is 228 g/mol. The van der Waals surface area contributed by atoms with Gasteiger partial charge in [0.25, 0.3) is 0 Å². The van der Waals surface area contributed by atoms with Crippen molar-refractivity contribution in [3.63, 3.8) is 0 Å². The lowest BCUT2D eigenvalue weighted by Gasteiger charge is -2.25. The van der Waals surface area contributed by atoms with Crippen molar-refractivity contribution in [2.45, 2.75) is 45.2 Å². The summed E-state index contributed by atoms with van der Waals surface area (Å²) < 4.78 is 0. The molecular weight excluding hydrogens is 208 g/mol. The number of hydrogen-bond acceptors (Lipinski definition) is 2. The van der Waals surface area contributed by atoms with Crippen molar-refractivity contribution >= 4 is 0 Å². The molecule has 1 saturated carbocycles. The maximum atomic E-state index is 8.84. The molecule has 90 valence electrons. The average molecular weight is 228 g/mol. The van der Waals surface area contributed by atoms with Gasteiger partial charge in [-0.25, -0.2) is 0 Å². The number of aryl methyl sites for hydroxylation is 1. The van der Waals surface area contributed by atoms with Crippen LogP contribution in [0.1, 0.15) is 36.8 Å². The second-order valence-corrected chi connectivity index (χ2v) is 5.04. The van der Waals surface area contributed by atoms with Crippen LogP contribution in [-0.2, 0) is 6.54 Å². The zero-order valence-electron chi connectivity index (χ0n) is 10.4. The van der Waals surface area contributed by atoms with E-state index in [9.17, 15) is 0 Å². The minimum atomic E-state index is 0.299. The Kier molecular flexibility index (Phi) is 4.17. The fourth-order valence-corrected chi connectivity index (χ4v) is 2.39. The lowest BCUT2D eigenvalue weighted by Crippen LogP contribution is -2.32. The van der Waals surface area contributed by atoms with Crippen LogP contribution >= 0.6 is 0 Å². The fourth-order valence-electron chi connectivity index (χ4n) is 2.39. The van der Waals surface area contributed by atoms with Gasteiger partial charge in [0.2, 0.25) is 0 Å². The molecule has 0 atom stereocenters. The number of nitrogens with zero attached hydrogens (tertiary/aromatic N) is 1. The SMILES string of the molecule is Cc1ccc(CNC2CCC(C#N)CC2)cc1. The summed E-state index contributed by atoms with van der Waals surface area (Å²) in [6.07, 6.45) is 4.40. The summed E-state index contributed by atoms with van der Waals surface area (Å²) in [4.78, 5) is 0. The Morgan fingerprint density at radius 2 is 1.82 bits per heavy atom. The van der Waals surface area contributed by atoms with E-state index in [1.807, 2.05) is 0 Å². The van der Waals surface area contributed by atoms with Crippen molar-refractivity contribution in [3.05, 3.63) is 35.4 Å². The third-order valence-electron chi connectivity index (χ3n) is 3.63. The predicted octanol–water partition coefficient (Wildman–Crippen LogP) is 3.17. The van der Waals surface area contributed by atoms with Crippen LogP contribution in [0, 0.1) is 24.2 Å². The highest BCUT2D eigenvalue weighted by Crippen LogP contribution is 2.23. The highest BCUT2D eigenvalue weighted by molar-refractivity contribution is 5.21. The van der Waals surface area contributed by atoms with Gasteiger partial charge >= 0.3 is 0 Å². The van der Waals surface area contributed by atoms with Crippen LogP contribution in [0.3, 0.4) is 0 Å². The molecule has 2 heteroatoms. The van der Waals surface area contributed by atoms with Gasteiger partial charge in [0.05, 0.1) is 6.07 Å². The zero-order valence-corrected chi connectivity index (χ0v) is 10.4. The van der Waals surface area contributed by atoms with E-state index in [0.717, 1.165) is 32.2 Å². The molecule has 0 saturated heterocycles. The van der Waals surface area contributed by atoms with Gasteiger partial charge in [-0.2, -0.15) is 5.26 Å². The molecule has 0 spiro atoms. The van der Waals surface area contributed by atoms with Crippen LogP contribution in [0.5, 0.6) is 0 Å². The Labute approximate surface area is 104 Å². The van der Waals surface area contributed by atoms with Crippen LogP contribution in [0.15, 0.2) is 24.3 Å². The summed E-state index contributed by atoms with van der Waals surface area (Å²) in [5, 5.41) is 12.4. The first kappa shape index (κ1) is 12.1. The molecule has 1 aliphatic rings. The predicted molar refractivity (Wildman–Crippen MR) is 69.4 cm³/mol. The third kappa shape index (κ3) is 3.57. The fraction of sp³-hybridized carbons (Fsp3) is 0.533. The van der Waals surface area contributed by atoms with E-state index in [1.165, 1.54) is 11.1 Å². The Bertz CT molecular complexity index is 380. The molecule has 17 heavy (non-hydrogen) atoms. The van der Waals surface area contributed by atoms with E-state index in [0.29, 0.717) is 12.0 Å². The van der Waals surface area contributed by atoms with Crippen molar-refractivity contribution in [1.82, 2.24) is 5.32 Å². The van der Waals surface area contributed by atoms with Crippen molar-refractivity contribution in [2.75, 3.05) is 0 Å². The molecule has 1 aromatic rings. The average Bonchev–Trinajstić information content (AvgIpc) is 2.39. The van der Waals surface area contributed by atoms with E-state index in [-0.39, 0.29) is 0 Å². The Hall–Kier alpha value is -1.33. The van der Waals surface area contributed by atoms with Crippen LogP contribution in [0.25, 0.3) is 0 Å². The summed E-state index contributed by atoms with van der Waals surface area (Å²) in [7, 11) is 0. The van der Waals surface area contributed by atoms with Gasteiger partial charge < -0.3 is 5.32 Å². The third-order valence-corrected chi connectivity index (χ3v) is 3.63. The molecule has 0 amide bonds. The standard InChI is InChI=1S/C15H20N2/c1-12-2-4-14(5-3-12)11-17-15-8-6-13(10-16)7-9-15/h2-5,13,15,17H,6-9,11H2,1H3. The number of rotatable bonds is 3. The second kappa shape index (κ2) is 5.84. The maximum absolute atomic E-state index is 8.84. The first-order valence-corrected chi connectivity index (χ1v) is 6.46. The summed E-state index contributed by atoms with van der Waals surface area (Å²) >= 11 is 0. The topological polar surface area (TPSA) is 35.8 Å². The van der Waals surface area contributed by atoms with E-state index >= 15 is 0 Å². The quantitative estimate of drug-likeness (QED) is 0.862. The van der Waals surface area contributed by atoms with Crippen LogP contribution in [0.4, 0.5) is 0 Å². The van der Waals surface area contributed by atoms with E-state index in [4.69, 9.17) is 5.26 Å². The van der Waals surface area contributed by atoms with Crippen LogP contribution < -0.4 is 5.32 Å². The largest absolute Gasteiger partial charge is 0.310 e. The van der Waals surface area contributed by atoms with Gasteiger partial charge in [0, 0.05) is 18.5 Å². The molecule has 2 nitrogen and oxygen atoms in total. The molecule has 0 aliphatic heterocycles. The number of nitriles is 1.